The molecule has 0 aromatic heterocycles. The number of aliphatic hydroxyl groups excluding tert-OH is 1. The lowest BCUT2D eigenvalue weighted by molar-refractivity contribution is 0.100. The second-order valence-corrected chi connectivity index (χ2v) is 3.84. The van der Waals surface area contributed by atoms with Gasteiger partial charge in [-0.2, -0.15) is 0 Å². The van der Waals surface area contributed by atoms with E-state index in [-0.39, 0.29) is 6.04 Å². The summed E-state index contributed by atoms with van der Waals surface area (Å²) in [7, 11) is 1.85. The number of alkyl halides is 1. The number of nitrogens with zero attached hydrogens (tertiary/aromatic N) is 1. The van der Waals surface area contributed by atoms with E-state index in [1.165, 1.54) is 0 Å². The third-order valence-electron chi connectivity index (χ3n) is 2.34. The van der Waals surface area contributed by atoms with Crippen molar-refractivity contribution in [2.75, 3.05) is 13.6 Å². The van der Waals surface area contributed by atoms with Crippen molar-refractivity contribution in [1.82, 2.24) is 4.90 Å². The number of hydrogen-bond donors (Lipinski definition) is 1. The Hall–Kier alpha value is -0.150. The van der Waals surface area contributed by atoms with Crippen LogP contribution in [0.5, 0.6) is 0 Å². The Balaban J connectivity index is 2.59. The molecule has 0 amide bonds. The molecule has 11 heavy (non-hydrogen) atoms. The summed E-state index contributed by atoms with van der Waals surface area (Å²) < 4.78 is 13.3. The zero-order valence-corrected chi connectivity index (χ0v) is 7.34. The molecule has 1 heterocycles. The van der Waals surface area contributed by atoms with Gasteiger partial charge in [0.25, 0.3) is 0 Å². The van der Waals surface area contributed by atoms with Crippen LogP contribution in [0, 0.1) is 0 Å². The Labute approximate surface area is 67.0 Å². The highest BCUT2D eigenvalue weighted by atomic mass is 19.1. The molecule has 1 fully saturated rings. The Kier molecular flexibility index (Phi) is 2.21. The van der Waals surface area contributed by atoms with Crippen LogP contribution in [0.15, 0.2) is 0 Å². The fourth-order valence-electron chi connectivity index (χ4n) is 1.83. The quantitative estimate of drug-likeness (QED) is 0.615. The monoisotopic (exact) mass is 161 g/mol. The van der Waals surface area contributed by atoms with Crippen LogP contribution >= 0.6 is 0 Å². The van der Waals surface area contributed by atoms with Gasteiger partial charge in [-0.15, -0.1) is 0 Å². The molecule has 1 rings (SSSR count). The van der Waals surface area contributed by atoms with Crippen LogP contribution in [0.25, 0.3) is 0 Å². The van der Waals surface area contributed by atoms with Gasteiger partial charge in [0.05, 0.1) is 6.10 Å². The number of likely N-dealkylation sites (tertiary alicyclic amines) is 1. The number of hydrogen-bond acceptors (Lipinski definition) is 2. The minimum absolute atomic E-state index is 0.00926. The number of rotatable bonds is 1. The zero-order chi connectivity index (χ0) is 8.65. The molecule has 1 unspecified atom stereocenters. The van der Waals surface area contributed by atoms with E-state index < -0.39 is 11.8 Å². The number of likely N-dealkylation sites (N-methyl/N-ethyl adjacent to an activating group) is 1. The SMILES string of the molecule is C[C@H](O)[C@@H]1CC(C)(F)CN1C. The van der Waals surface area contributed by atoms with Crippen LogP contribution in [-0.4, -0.2) is 41.4 Å². The molecule has 3 atom stereocenters. The van der Waals surface area contributed by atoms with Gasteiger partial charge in [-0.25, -0.2) is 4.39 Å². The topological polar surface area (TPSA) is 23.5 Å². The Bertz CT molecular complexity index is 147. The first kappa shape index (κ1) is 8.94. The maximum Gasteiger partial charge on any atom is 0.122 e. The van der Waals surface area contributed by atoms with Crippen LogP contribution in [0.4, 0.5) is 4.39 Å². The number of aliphatic hydroxyl groups is 1. The molecule has 0 saturated carbocycles. The Morgan fingerprint density at radius 3 is 2.45 bits per heavy atom. The van der Waals surface area contributed by atoms with Crippen molar-refractivity contribution < 1.29 is 9.50 Å². The van der Waals surface area contributed by atoms with Crippen molar-refractivity contribution in [3.8, 4) is 0 Å². The Morgan fingerprint density at radius 1 is 1.73 bits per heavy atom. The molecule has 1 aliphatic heterocycles. The largest absolute Gasteiger partial charge is 0.392 e. The van der Waals surface area contributed by atoms with Crippen molar-refractivity contribution in [1.29, 1.82) is 0 Å². The first-order chi connectivity index (χ1) is 4.92. The van der Waals surface area contributed by atoms with E-state index in [4.69, 9.17) is 0 Å². The molecule has 66 valence electrons. The van der Waals surface area contributed by atoms with Gasteiger partial charge in [-0.3, -0.25) is 4.90 Å². The molecule has 1 saturated heterocycles. The summed E-state index contributed by atoms with van der Waals surface area (Å²) in [6, 6.07) is -0.00926. The molecular formula is C8H16FNO. The van der Waals surface area contributed by atoms with Crippen LogP contribution in [0.3, 0.4) is 0 Å². The minimum atomic E-state index is -1.11. The van der Waals surface area contributed by atoms with Crippen LogP contribution in [0.2, 0.25) is 0 Å². The highest BCUT2D eigenvalue weighted by molar-refractivity contribution is 4.94. The second kappa shape index (κ2) is 2.72. The molecule has 0 aromatic rings. The number of halogens is 1. The van der Waals surface area contributed by atoms with E-state index in [1.807, 2.05) is 11.9 Å². The maximum absolute atomic E-state index is 13.3. The molecule has 0 bridgehead atoms. The lowest BCUT2D eigenvalue weighted by Gasteiger charge is -2.20. The predicted octanol–water partition coefficient (Wildman–Crippen LogP) is 0.799. The van der Waals surface area contributed by atoms with Gasteiger partial charge >= 0.3 is 0 Å². The fraction of sp³-hybridized carbons (Fsp3) is 1.00. The first-order valence-electron chi connectivity index (χ1n) is 3.99. The van der Waals surface area contributed by atoms with Crippen molar-refractivity contribution in [2.45, 2.75) is 38.1 Å². The molecule has 0 radical (unpaired) electrons. The normalized spacial score (nSPS) is 42.8. The van der Waals surface area contributed by atoms with Gasteiger partial charge < -0.3 is 5.11 Å². The summed E-state index contributed by atoms with van der Waals surface area (Å²) in [6.45, 7) is 3.73. The zero-order valence-electron chi connectivity index (χ0n) is 7.34. The lowest BCUT2D eigenvalue weighted by Crippen LogP contribution is -2.34. The van der Waals surface area contributed by atoms with Gasteiger partial charge in [0.2, 0.25) is 0 Å². The third-order valence-corrected chi connectivity index (χ3v) is 2.34. The molecular weight excluding hydrogens is 145 g/mol. The highest BCUT2D eigenvalue weighted by Crippen LogP contribution is 2.30. The summed E-state index contributed by atoms with van der Waals surface area (Å²) in [5.41, 5.74) is -1.11. The summed E-state index contributed by atoms with van der Waals surface area (Å²) in [4.78, 5) is 1.88. The second-order valence-electron chi connectivity index (χ2n) is 3.84. The molecule has 0 aliphatic carbocycles. The molecule has 0 spiro atoms. The summed E-state index contributed by atoms with van der Waals surface area (Å²) in [5.74, 6) is 0. The van der Waals surface area contributed by atoms with Crippen molar-refractivity contribution in [2.24, 2.45) is 0 Å². The summed E-state index contributed by atoms with van der Waals surface area (Å²) in [5, 5.41) is 9.25. The standard InChI is InChI=1S/C8H16FNO/c1-6(11)7-4-8(2,9)5-10(7)3/h6-7,11H,4-5H2,1-3H3/t6-,7-,8?/m0/s1. The summed E-state index contributed by atoms with van der Waals surface area (Å²) >= 11 is 0. The smallest absolute Gasteiger partial charge is 0.122 e. The first-order valence-corrected chi connectivity index (χ1v) is 3.99. The fourth-order valence-corrected chi connectivity index (χ4v) is 1.83. The molecule has 0 aromatic carbocycles. The van der Waals surface area contributed by atoms with Crippen molar-refractivity contribution >= 4 is 0 Å². The lowest BCUT2D eigenvalue weighted by atomic mass is 10.0. The third kappa shape index (κ3) is 1.91. The molecule has 3 heteroatoms. The average Bonchev–Trinajstić information content (AvgIpc) is 2.05. The van der Waals surface area contributed by atoms with E-state index in [9.17, 15) is 9.50 Å². The maximum atomic E-state index is 13.3. The van der Waals surface area contributed by atoms with Gasteiger partial charge in [0.1, 0.15) is 5.67 Å². The van der Waals surface area contributed by atoms with Crippen molar-refractivity contribution in [3.63, 3.8) is 0 Å². The predicted molar refractivity (Wildman–Crippen MR) is 42.2 cm³/mol. The van der Waals surface area contributed by atoms with E-state index in [0.29, 0.717) is 13.0 Å². The van der Waals surface area contributed by atoms with Gasteiger partial charge in [0, 0.05) is 19.0 Å². The van der Waals surface area contributed by atoms with E-state index >= 15 is 0 Å². The minimum Gasteiger partial charge on any atom is -0.392 e. The van der Waals surface area contributed by atoms with Gasteiger partial charge in [0.15, 0.2) is 0 Å². The van der Waals surface area contributed by atoms with Crippen LogP contribution in [-0.2, 0) is 0 Å². The van der Waals surface area contributed by atoms with E-state index in [1.54, 1.807) is 13.8 Å². The highest BCUT2D eigenvalue weighted by Gasteiger charge is 2.40. The molecule has 1 aliphatic rings. The molecule has 1 N–H and O–H groups in total. The van der Waals surface area contributed by atoms with Gasteiger partial charge in [-0.1, -0.05) is 0 Å². The van der Waals surface area contributed by atoms with Crippen LogP contribution < -0.4 is 0 Å². The van der Waals surface area contributed by atoms with E-state index in [0.717, 1.165) is 0 Å². The Morgan fingerprint density at radius 2 is 2.27 bits per heavy atom. The summed E-state index contributed by atoms with van der Waals surface area (Å²) in [6.07, 6.45) is 0.0128. The van der Waals surface area contributed by atoms with Crippen molar-refractivity contribution in [3.05, 3.63) is 0 Å². The van der Waals surface area contributed by atoms with E-state index in [2.05, 4.69) is 0 Å². The van der Waals surface area contributed by atoms with Crippen LogP contribution in [0.1, 0.15) is 20.3 Å². The average molecular weight is 161 g/mol. The van der Waals surface area contributed by atoms with Gasteiger partial charge in [-0.05, 0) is 20.9 Å². The molecule has 2 nitrogen and oxygen atoms in total.